The van der Waals surface area contributed by atoms with E-state index in [2.05, 4.69) is 5.32 Å². The SMILES string of the molecule is Cc1cc(C)c(N2C(=O)NCC2C(=O)O)c(Cl)c1. The maximum absolute atomic E-state index is 11.8. The zero-order valence-electron chi connectivity index (χ0n) is 10.0. The maximum Gasteiger partial charge on any atom is 0.328 e. The molecule has 0 aliphatic carbocycles. The van der Waals surface area contributed by atoms with Crippen LogP contribution in [0.1, 0.15) is 11.1 Å². The summed E-state index contributed by atoms with van der Waals surface area (Å²) in [6, 6.07) is 2.23. The highest BCUT2D eigenvalue weighted by Gasteiger charge is 2.38. The Labute approximate surface area is 109 Å². The largest absolute Gasteiger partial charge is 0.480 e. The molecule has 0 saturated carbocycles. The van der Waals surface area contributed by atoms with Gasteiger partial charge >= 0.3 is 12.0 Å². The molecule has 0 spiro atoms. The topological polar surface area (TPSA) is 69.6 Å². The fourth-order valence-electron chi connectivity index (χ4n) is 2.17. The number of carboxylic acids is 1. The van der Waals surface area contributed by atoms with Crippen LogP contribution in [0.15, 0.2) is 12.1 Å². The number of halogens is 1. The van der Waals surface area contributed by atoms with Crippen molar-refractivity contribution >= 4 is 29.3 Å². The zero-order chi connectivity index (χ0) is 13.4. The molecule has 2 N–H and O–H groups in total. The molecule has 1 atom stereocenters. The summed E-state index contributed by atoms with van der Waals surface area (Å²) in [5.41, 5.74) is 2.21. The lowest BCUT2D eigenvalue weighted by Gasteiger charge is -2.23. The standard InChI is InChI=1S/C12H13ClN2O3/c1-6-3-7(2)10(8(13)4-6)15-9(11(16)17)5-14-12(15)18/h3-4,9H,5H2,1-2H3,(H,14,18)(H,16,17). The highest BCUT2D eigenvalue weighted by atomic mass is 35.5. The Kier molecular flexibility index (Phi) is 3.17. The summed E-state index contributed by atoms with van der Waals surface area (Å²) in [6.07, 6.45) is 0. The van der Waals surface area contributed by atoms with Crippen molar-refractivity contribution in [1.82, 2.24) is 5.32 Å². The minimum Gasteiger partial charge on any atom is -0.480 e. The Morgan fingerprint density at radius 2 is 2.17 bits per heavy atom. The third-order valence-corrected chi connectivity index (χ3v) is 3.19. The Morgan fingerprint density at radius 3 is 2.72 bits per heavy atom. The van der Waals surface area contributed by atoms with Crippen molar-refractivity contribution in [2.24, 2.45) is 0 Å². The molecule has 6 heteroatoms. The molecular formula is C12H13ClN2O3. The van der Waals surface area contributed by atoms with Gasteiger partial charge in [-0.15, -0.1) is 0 Å². The van der Waals surface area contributed by atoms with Gasteiger partial charge in [0.25, 0.3) is 0 Å². The number of carboxylic acid groups (broad SMARTS) is 1. The van der Waals surface area contributed by atoms with Crippen molar-refractivity contribution < 1.29 is 14.7 Å². The first-order chi connectivity index (χ1) is 8.41. The molecule has 18 heavy (non-hydrogen) atoms. The summed E-state index contributed by atoms with van der Waals surface area (Å²) in [5.74, 6) is -1.05. The molecule has 5 nitrogen and oxygen atoms in total. The first kappa shape index (κ1) is 12.7. The number of hydrogen-bond acceptors (Lipinski definition) is 2. The number of rotatable bonds is 2. The highest BCUT2D eigenvalue weighted by Crippen LogP contribution is 2.33. The number of carbonyl (C=O) groups excluding carboxylic acids is 1. The monoisotopic (exact) mass is 268 g/mol. The van der Waals surface area contributed by atoms with Crippen LogP contribution >= 0.6 is 11.6 Å². The second-order valence-corrected chi connectivity index (χ2v) is 4.73. The highest BCUT2D eigenvalue weighted by molar-refractivity contribution is 6.34. The second-order valence-electron chi connectivity index (χ2n) is 4.32. The molecule has 0 radical (unpaired) electrons. The van der Waals surface area contributed by atoms with Gasteiger partial charge in [-0.05, 0) is 31.0 Å². The molecule has 1 unspecified atom stereocenters. The average Bonchev–Trinajstić information content (AvgIpc) is 2.59. The van der Waals surface area contributed by atoms with E-state index in [1.54, 1.807) is 13.0 Å². The maximum atomic E-state index is 11.8. The van der Waals surface area contributed by atoms with Gasteiger partial charge in [-0.1, -0.05) is 17.7 Å². The van der Waals surface area contributed by atoms with Gasteiger partial charge in [-0.2, -0.15) is 0 Å². The number of nitrogens with one attached hydrogen (secondary N) is 1. The van der Waals surface area contributed by atoms with Crippen LogP contribution in [0, 0.1) is 13.8 Å². The van der Waals surface area contributed by atoms with E-state index in [0.29, 0.717) is 10.7 Å². The Hall–Kier alpha value is -1.75. The van der Waals surface area contributed by atoms with E-state index >= 15 is 0 Å². The van der Waals surface area contributed by atoms with E-state index in [-0.39, 0.29) is 6.54 Å². The Bertz CT molecular complexity index is 507. The molecule has 1 aliphatic rings. The fraction of sp³-hybridized carbons (Fsp3) is 0.333. The van der Waals surface area contributed by atoms with Gasteiger partial charge in [-0.25, -0.2) is 9.59 Å². The molecule has 2 rings (SSSR count). The van der Waals surface area contributed by atoms with Crippen LogP contribution in [-0.4, -0.2) is 29.7 Å². The van der Waals surface area contributed by atoms with Crippen LogP contribution in [0.4, 0.5) is 10.5 Å². The zero-order valence-corrected chi connectivity index (χ0v) is 10.8. The summed E-state index contributed by atoms with van der Waals surface area (Å²) in [4.78, 5) is 24.1. The third-order valence-electron chi connectivity index (χ3n) is 2.90. The fourth-order valence-corrected chi connectivity index (χ4v) is 2.58. The summed E-state index contributed by atoms with van der Waals surface area (Å²) in [5, 5.41) is 12.0. The number of carbonyl (C=O) groups is 2. The van der Waals surface area contributed by atoms with Crippen molar-refractivity contribution in [2.75, 3.05) is 11.4 Å². The van der Waals surface area contributed by atoms with Gasteiger partial charge in [-0.3, -0.25) is 4.90 Å². The Morgan fingerprint density at radius 1 is 1.50 bits per heavy atom. The summed E-state index contributed by atoms with van der Waals surface area (Å²) >= 11 is 6.14. The van der Waals surface area contributed by atoms with E-state index < -0.39 is 18.0 Å². The molecule has 0 bridgehead atoms. The number of urea groups is 1. The van der Waals surface area contributed by atoms with Crippen molar-refractivity contribution in [3.8, 4) is 0 Å². The quantitative estimate of drug-likeness (QED) is 0.861. The summed E-state index contributed by atoms with van der Waals surface area (Å²) < 4.78 is 0. The molecule has 1 heterocycles. The molecule has 96 valence electrons. The lowest BCUT2D eigenvalue weighted by atomic mass is 10.1. The number of aliphatic carboxylic acids is 1. The number of nitrogens with zero attached hydrogens (tertiary/aromatic N) is 1. The van der Waals surface area contributed by atoms with E-state index in [9.17, 15) is 9.59 Å². The molecule has 1 saturated heterocycles. The molecular weight excluding hydrogens is 256 g/mol. The van der Waals surface area contributed by atoms with Gasteiger partial charge in [0.05, 0.1) is 17.3 Å². The minimum atomic E-state index is -1.05. The van der Waals surface area contributed by atoms with Gasteiger partial charge in [0.1, 0.15) is 0 Å². The summed E-state index contributed by atoms with van der Waals surface area (Å²) in [7, 11) is 0. The molecule has 1 aromatic carbocycles. The van der Waals surface area contributed by atoms with E-state index in [1.165, 1.54) is 4.90 Å². The number of anilines is 1. The van der Waals surface area contributed by atoms with Gasteiger partial charge in [0.2, 0.25) is 0 Å². The van der Waals surface area contributed by atoms with Crippen molar-refractivity contribution in [3.63, 3.8) is 0 Å². The van der Waals surface area contributed by atoms with Crippen molar-refractivity contribution in [3.05, 3.63) is 28.3 Å². The molecule has 0 aromatic heterocycles. The van der Waals surface area contributed by atoms with Gasteiger partial charge < -0.3 is 10.4 Å². The lowest BCUT2D eigenvalue weighted by Crippen LogP contribution is -2.40. The number of benzene rings is 1. The van der Waals surface area contributed by atoms with Crippen LogP contribution in [0.25, 0.3) is 0 Å². The van der Waals surface area contributed by atoms with Crippen LogP contribution in [0.2, 0.25) is 5.02 Å². The molecule has 2 amide bonds. The second kappa shape index (κ2) is 4.49. The smallest absolute Gasteiger partial charge is 0.328 e. The van der Waals surface area contributed by atoms with Crippen LogP contribution in [0.3, 0.4) is 0 Å². The number of hydrogen-bond donors (Lipinski definition) is 2. The molecule has 1 aliphatic heterocycles. The van der Waals surface area contributed by atoms with Crippen LogP contribution in [0.5, 0.6) is 0 Å². The van der Waals surface area contributed by atoms with Crippen molar-refractivity contribution in [2.45, 2.75) is 19.9 Å². The molecule has 1 aromatic rings. The third kappa shape index (κ3) is 2.01. The first-order valence-electron chi connectivity index (χ1n) is 5.48. The first-order valence-corrected chi connectivity index (χ1v) is 5.86. The van der Waals surface area contributed by atoms with Crippen molar-refractivity contribution in [1.29, 1.82) is 0 Å². The minimum absolute atomic E-state index is 0.0812. The van der Waals surface area contributed by atoms with E-state index in [4.69, 9.17) is 16.7 Å². The van der Waals surface area contributed by atoms with Gasteiger partial charge in [0, 0.05) is 0 Å². The molecule has 1 fully saturated rings. The normalized spacial score (nSPS) is 18.9. The van der Waals surface area contributed by atoms with Crippen LogP contribution in [-0.2, 0) is 4.79 Å². The predicted molar refractivity (Wildman–Crippen MR) is 68.2 cm³/mol. The van der Waals surface area contributed by atoms with E-state index in [0.717, 1.165) is 11.1 Å². The van der Waals surface area contributed by atoms with Crippen LogP contribution < -0.4 is 10.2 Å². The van der Waals surface area contributed by atoms with Gasteiger partial charge in [0.15, 0.2) is 6.04 Å². The van der Waals surface area contributed by atoms with E-state index in [1.807, 2.05) is 13.0 Å². The predicted octanol–water partition coefficient (Wildman–Crippen LogP) is 1.94. The average molecular weight is 269 g/mol. The summed E-state index contributed by atoms with van der Waals surface area (Å²) in [6.45, 7) is 3.78. The lowest BCUT2D eigenvalue weighted by molar-refractivity contribution is -0.137. The number of aryl methyl sites for hydroxylation is 2. The Balaban J connectivity index is 2.53. The number of amides is 2.